The highest BCUT2D eigenvalue weighted by Gasteiger charge is 2.20. The molecule has 0 aliphatic carbocycles. The molecule has 138 valence electrons. The number of carbonyl (C=O) groups excluding carboxylic acids is 3. The van der Waals surface area contributed by atoms with Gasteiger partial charge in [0.15, 0.2) is 6.10 Å². The lowest BCUT2D eigenvalue weighted by atomic mass is 10.2. The van der Waals surface area contributed by atoms with Crippen molar-refractivity contribution >= 4 is 17.9 Å². The van der Waals surface area contributed by atoms with Crippen molar-refractivity contribution in [3.8, 4) is 5.75 Å². The molecule has 1 aromatic carbocycles. The number of hydrogen-bond donors (Lipinski definition) is 2. The second-order valence-corrected chi connectivity index (χ2v) is 5.55. The Balaban J connectivity index is 2.45. The van der Waals surface area contributed by atoms with Gasteiger partial charge in [0, 0.05) is 7.05 Å². The van der Waals surface area contributed by atoms with Gasteiger partial charge in [-0.25, -0.2) is 9.59 Å². The average molecular weight is 350 g/mol. The molecule has 2 N–H and O–H groups in total. The lowest BCUT2D eigenvalue weighted by Crippen LogP contribution is -2.43. The number of esters is 1. The number of hydrogen-bond acceptors (Lipinski definition) is 5. The zero-order chi connectivity index (χ0) is 18.7. The molecule has 0 radical (unpaired) electrons. The molecule has 0 unspecified atom stereocenters. The number of ether oxygens (including phenoxy) is 2. The van der Waals surface area contributed by atoms with Crippen LogP contribution < -0.4 is 15.4 Å². The Bertz CT molecular complexity index is 571. The highest BCUT2D eigenvalue weighted by Crippen LogP contribution is 2.14. The van der Waals surface area contributed by atoms with Gasteiger partial charge in [-0.05, 0) is 37.6 Å². The zero-order valence-corrected chi connectivity index (χ0v) is 15.0. The molecule has 1 rings (SSSR count). The van der Waals surface area contributed by atoms with E-state index in [1.54, 1.807) is 24.3 Å². The van der Waals surface area contributed by atoms with E-state index in [0.29, 0.717) is 17.9 Å². The van der Waals surface area contributed by atoms with Gasteiger partial charge in [0.25, 0.3) is 5.91 Å². The molecule has 0 saturated carbocycles. The third-order valence-electron chi connectivity index (χ3n) is 3.47. The van der Waals surface area contributed by atoms with Gasteiger partial charge in [-0.15, -0.1) is 0 Å². The number of nitrogens with one attached hydrogen (secondary N) is 2. The zero-order valence-electron chi connectivity index (χ0n) is 15.0. The number of benzene rings is 1. The lowest BCUT2D eigenvalue weighted by Gasteiger charge is -2.13. The second kappa shape index (κ2) is 11.1. The summed E-state index contributed by atoms with van der Waals surface area (Å²) in [6, 6.07) is 5.87. The van der Waals surface area contributed by atoms with Crippen LogP contribution in [-0.4, -0.2) is 37.7 Å². The van der Waals surface area contributed by atoms with Gasteiger partial charge in [-0.3, -0.25) is 10.1 Å². The molecular weight excluding hydrogens is 324 g/mol. The van der Waals surface area contributed by atoms with Crippen LogP contribution in [0.25, 0.3) is 0 Å². The summed E-state index contributed by atoms with van der Waals surface area (Å²) in [5, 5.41) is 4.29. The molecule has 25 heavy (non-hydrogen) atoms. The van der Waals surface area contributed by atoms with Gasteiger partial charge in [-0.1, -0.05) is 26.2 Å². The van der Waals surface area contributed by atoms with Gasteiger partial charge in [0.2, 0.25) is 0 Å². The number of imide groups is 1. The molecule has 7 heteroatoms. The van der Waals surface area contributed by atoms with E-state index in [2.05, 4.69) is 12.2 Å². The summed E-state index contributed by atoms with van der Waals surface area (Å²) < 4.78 is 10.6. The summed E-state index contributed by atoms with van der Waals surface area (Å²) in [7, 11) is 1.38. The predicted octanol–water partition coefficient (Wildman–Crippen LogP) is 2.65. The minimum Gasteiger partial charge on any atom is -0.494 e. The molecule has 0 heterocycles. The van der Waals surface area contributed by atoms with Crippen LogP contribution in [0.15, 0.2) is 24.3 Å². The van der Waals surface area contributed by atoms with E-state index in [9.17, 15) is 14.4 Å². The molecule has 0 saturated heterocycles. The summed E-state index contributed by atoms with van der Waals surface area (Å²) in [5.74, 6) is -0.660. The van der Waals surface area contributed by atoms with Crippen molar-refractivity contribution in [2.75, 3.05) is 13.7 Å². The van der Waals surface area contributed by atoms with Crippen molar-refractivity contribution in [3.05, 3.63) is 29.8 Å². The molecule has 1 atom stereocenters. The smallest absolute Gasteiger partial charge is 0.338 e. The van der Waals surface area contributed by atoms with Crippen molar-refractivity contribution in [1.82, 2.24) is 10.6 Å². The summed E-state index contributed by atoms with van der Waals surface area (Å²) >= 11 is 0. The third kappa shape index (κ3) is 7.69. The molecular formula is C18H26N2O5. The minimum absolute atomic E-state index is 0.304. The van der Waals surface area contributed by atoms with Crippen LogP contribution in [0.2, 0.25) is 0 Å². The first-order valence-electron chi connectivity index (χ1n) is 8.44. The summed E-state index contributed by atoms with van der Waals surface area (Å²) in [5.41, 5.74) is 0.304. The summed E-state index contributed by atoms with van der Waals surface area (Å²) in [6.45, 7) is 4.19. The Labute approximate surface area is 148 Å². The van der Waals surface area contributed by atoms with Crippen molar-refractivity contribution in [3.63, 3.8) is 0 Å². The van der Waals surface area contributed by atoms with E-state index >= 15 is 0 Å². The maximum atomic E-state index is 12.0. The van der Waals surface area contributed by atoms with E-state index in [-0.39, 0.29) is 0 Å². The van der Waals surface area contributed by atoms with Gasteiger partial charge in [0.1, 0.15) is 5.75 Å². The third-order valence-corrected chi connectivity index (χ3v) is 3.47. The van der Waals surface area contributed by atoms with E-state index < -0.39 is 24.0 Å². The number of unbranched alkanes of at least 4 members (excludes halogenated alkanes) is 3. The first kappa shape index (κ1) is 20.5. The van der Waals surface area contributed by atoms with Gasteiger partial charge in [0.05, 0.1) is 12.2 Å². The fourth-order valence-corrected chi connectivity index (χ4v) is 1.96. The standard InChI is InChI=1S/C18H26N2O5/c1-4-5-6-7-12-24-15-10-8-14(9-11-15)17(22)25-13(2)16(21)20-18(23)19-3/h8-11,13H,4-7,12H2,1-3H3,(H2,19,20,21,23)/t13-/m0/s1. The summed E-state index contributed by atoms with van der Waals surface area (Å²) in [6.07, 6.45) is 3.42. The molecule has 7 nitrogen and oxygen atoms in total. The quantitative estimate of drug-likeness (QED) is 0.527. The Morgan fingerprint density at radius 1 is 1.08 bits per heavy atom. The predicted molar refractivity (Wildman–Crippen MR) is 93.6 cm³/mol. The monoisotopic (exact) mass is 350 g/mol. The number of amides is 3. The van der Waals surface area contributed by atoms with Gasteiger partial charge < -0.3 is 14.8 Å². The van der Waals surface area contributed by atoms with Crippen molar-refractivity contribution in [1.29, 1.82) is 0 Å². The fraction of sp³-hybridized carbons (Fsp3) is 0.500. The van der Waals surface area contributed by atoms with E-state index in [1.807, 2.05) is 5.32 Å². The van der Waals surface area contributed by atoms with E-state index in [4.69, 9.17) is 9.47 Å². The number of rotatable bonds is 9. The molecule has 0 fully saturated rings. The van der Waals surface area contributed by atoms with Crippen molar-refractivity contribution in [2.45, 2.75) is 45.6 Å². The summed E-state index contributed by atoms with van der Waals surface area (Å²) in [4.78, 5) is 34.7. The van der Waals surface area contributed by atoms with E-state index in [1.165, 1.54) is 26.8 Å². The second-order valence-electron chi connectivity index (χ2n) is 5.55. The number of urea groups is 1. The Morgan fingerprint density at radius 3 is 2.36 bits per heavy atom. The Morgan fingerprint density at radius 2 is 1.76 bits per heavy atom. The molecule has 0 aliphatic rings. The molecule has 0 aliphatic heterocycles. The normalized spacial score (nSPS) is 11.3. The maximum Gasteiger partial charge on any atom is 0.338 e. The largest absolute Gasteiger partial charge is 0.494 e. The van der Waals surface area contributed by atoms with Crippen LogP contribution in [0.3, 0.4) is 0 Å². The molecule has 0 bridgehead atoms. The lowest BCUT2D eigenvalue weighted by molar-refractivity contribution is -0.127. The van der Waals surface area contributed by atoms with Gasteiger partial charge in [-0.2, -0.15) is 0 Å². The average Bonchev–Trinajstić information content (AvgIpc) is 2.61. The first-order chi connectivity index (χ1) is 12.0. The first-order valence-corrected chi connectivity index (χ1v) is 8.44. The van der Waals surface area contributed by atoms with Crippen LogP contribution >= 0.6 is 0 Å². The molecule has 3 amide bonds. The minimum atomic E-state index is -1.08. The van der Waals surface area contributed by atoms with Crippen LogP contribution in [0.5, 0.6) is 5.75 Å². The van der Waals surface area contributed by atoms with Crippen LogP contribution in [0.1, 0.15) is 49.9 Å². The van der Waals surface area contributed by atoms with Crippen molar-refractivity contribution in [2.24, 2.45) is 0 Å². The Hall–Kier alpha value is -2.57. The SMILES string of the molecule is CCCCCCOc1ccc(C(=O)O[C@@H](C)C(=O)NC(=O)NC)cc1. The molecule has 1 aromatic rings. The van der Waals surface area contributed by atoms with Crippen LogP contribution in [0, 0.1) is 0 Å². The molecule has 0 spiro atoms. The van der Waals surface area contributed by atoms with Crippen LogP contribution in [-0.2, 0) is 9.53 Å². The Kier molecular flexibility index (Phi) is 9.06. The van der Waals surface area contributed by atoms with Gasteiger partial charge >= 0.3 is 12.0 Å². The number of carbonyl (C=O) groups is 3. The molecule has 0 aromatic heterocycles. The highest BCUT2D eigenvalue weighted by atomic mass is 16.5. The van der Waals surface area contributed by atoms with Crippen LogP contribution in [0.4, 0.5) is 4.79 Å². The topological polar surface area (TPSA) is 93.7 Å². The fourth-order valence-electron chi connectivity index (χ4n) is 1.96. The van der Waals surface area contributed by atoms with Crippen molar-refractivity contribution < 1.29 is 23.9 Å². The van der Waals surface area contributed by atoms with E-state index in [0.717, 1.165) is 12.8 Å². The maximum absolute atomic E-state index is 12.0. The highest BCUT2D eigenvalue weighted by molar-refractivity contribution is 5.98.